The van der Waals surface area contributed by atoms with E-state index in [1.54, 1.807) is 0 Å². The standard InChI is InChI=1S/C18H23N/c1-3-19(4-2)13-17-12-18(17)16-10-9-14-7-5-6-8-15(14)11-16/h5-11,17-18H,3-4,12-13H2,1-2H3. The first-order chi connectivity index (χ1) is 9.31. The van der Waals surface area contributed by atoms with Gasteiger partial charge in [0, 0.05) is 6.54 Å². The molecule has 1 aliphatic rings. The van der Waals surface area contributed by atoms with Crippen molar-refractivity contribution in [2.45, 2.75) is 26.2 Å². The van der Waals surface area contributed by atoms with Gasteiger partial charge in [-0.05, 0) is 47.7 Å². The third-order valence-electron chi connectivity index (χ3n) is 4.51. The molecule has 0 spiro atoms. The summed E-state index contributed by atoms with van der Waals surface area (Å²) in [4.78, 5) is 2.55. The first kappa shape index (κ1) is 12.7. The van der Waals surface area contributed by atoms with Crippen molar-refractivity contribution in [3.63, 3.8) is 0 Å². The zero-order chi connectivity index (χ0) is 13.2. The second-order valence-corrected chi connectivity index (χ2v) is 5.69. The summed E-state index contributed by atoms with van der Waals surface area (Å²) in [5, 5.41) is 2.74. The summed E-state index contributed by atoms with van der Waals surface area (Å²) in [5.41, 5.74) is 1.54. The van der Waals surface area contributed by atoms with Crippen LogP contribution in [0.4, 0.5) is 0 Å². The van der Waals surface area contributed by atoms with Crippen molar-refractivity contribution in [3.05, 3.63) is 48.0 Å². The van der Waals surface area contributed by atoms with Crippen LogP contribution in [0.25, 0.3) is 10.8 Å². The summed E-state index contributed by atoms with van der Waals surface area (Å²) in [6, 6.07) is 15.7. The molecule has 0 heterocycles. The minimum absolute atomic E-state index is 0.796. The summed E-state index contributed by atoms with van der Waals surface area (Å²) in [5.74, 6) is 1.67. The van der Waals surface area contributed by atoms with E-state index in [9.17, 15) is 0 Å². The highest BCUT2D eigenvalue weighted by Gasteiger charge is 2.38. The molecule has 3 rings (SSSR count). The highest BCUT2D eigenvalue weighted by Crippen LogP contribution is 2.48. The van der Waals surface area contributed by atoms with Crippen LogP contribution in [0.2, 0.25) is 0 Å². The Labute approximate surface area is 116 Å². The van der Waals surface area contributed by atoms with E-state index in [4.69, 9.17) is 0 Å². The van der Waals surface area contributed by atoms with Crippen LogP contribution in [0.1, 0.15) is 31.7 Å². The quantitative estimate of drug-likeness (QED) is 0.768. The van der Waals surface area contributed by atoms with Crippen molar-refractivity contribution in [3.8, 4) is 0 Å². The minimum Gasteiger partial charge on any atom is -0.304 e. The first-order valence-electron chi connectivity index (χ1n) is 7.53. The first-order valence-corrected chi connectivity index (χ1v) is 7.53. The summed E-state index contributed by atoms with van der Waals surface area (Å²) in [6.45, 7) is 8.15. The molecule has 0 bridgehead atoms. The van der Waals surface area contributed by atoms with Crippen LogP contribution in [0, 0.1) is 5.92 Å². The second-order valence-electron chi connectivity index (χ2n) is 5.69. The van der Waals surface area contributed by atoms with E-state index in [1.165, 1.54) is 42.4 Å². The molecule has 2 atom stereocenters. The van der Waals surface area contributed by atoms with Crippen LogP contribution in [-0.4, -0.2) is 24.5 Å². The molecular weight excluding hydrogens is 230 g/mol. The van der Waals surface area contributed by atoms with Gasteiger partial charge >= 0.3 is 0 Å². The average Bonchev–Trinajstić information content (AvgIpc) is 3.23. The van der Waals surface area contributed by atoms with E-state index in [-0.39, 0.29) is 0 Å². The molecule has 0 aromatic heterocycles. The lowest BCUT2D eigenvalue weighted by Crippen LogP contribution is -2.25. The molecule has 1 fully saturated rings. The van der Waals surface area contributed by atoms with Crippen LogP contribution < -0.4 is 0 Å². The Hall–Kier alpha value is -1.34. The lowest BCUT2D eigenvalue weighted by Gasteiger charge is -2.17. The molecule has 1 nitrogen and oxygen atoms in total. The summed E-state index contributed by atoms with van der Waals surface area (Å²) in [6.07, 6.45) is 1.37. The topological polar surface area (TPSA) is 3.24 Å². The van der Waals surface area contributed by atoms with Crippen molar-refractivity contribution < 1.29 is 0 Å². The van der Waals surface area contributed by atoms with E-state index >= 15 is 0 Å². The fraction of sp³-hybridized carbons (Fsp3) is 0.444. The van der Waals surface area contributed by atoms with Gasteiger partial charge in [0.05, 0.1) is 0 Å². The van der Waals surface area contributed by atoms with Crippen molar-refractivity contribution in [1.29, 1.82) is 0 Å². The third-order valence-corrected chi connectivity index (χ3v) is 4.51. The van der Waals surface area contributed by atoms with Gasteiger partial charge in [-0.3, -0.25) is 0 Å². The molecule has 0 radical (unpaired) electrons. The second kappa shape index (κ2) is 5.34. The van der Waals surface area contributed by atoms with E-state index in [0.29, 0.717) is 0 Å². The Morgan fingerprint density at radius 3 is 2.47 bits per heavy atom. The maximum Gasteiger partial charge on any atom is 0.00155 e. The zero-order valence-corrected chi connectivity index (χ0v) is 12.0. The van der Waals surface area contributed by atoms with Crippen molar-refractivity contribution in [1.82, 2.24) is 4.90 Å². The maximum absolute atomic E-state index is 2.55. The van der Waals surface area contributed by atoms with Gasteiger partial charge in [0.15, 0.2) is 0 Å². The van der Waals surface area contributed by atoms with Crippen LogP contribution >= 0.6 is 0 Å². The lowest BCUT2D eigenvalue weighted by molar-refractivity contribution is 0.289. The fourth-order valence-electron chi connectivity index (χ4n) is 3.11. The largest absolute Gasteiger partial charge is 0.304 e. The van der Waals surface area contributed by atoms with Gasteiger partial charge in [-0.15, -0.1) is 0 Å². The molecule has 1 heteroatoms. The number of rotatable bonds is 5. The van der Waals surface area contributed by atoms with E-state index in [1.807, 2.05) is 0 Å². The van der Waals surface area contributed by atoms with Gasteiger partial charge < -0.3 is 4.90 Å². The summed E-state index contributed by atoms with van der Waals surface area (Å²) >= 11 is 0. The molecule has 1 aliphatic carbocycles. The van der Waals surface area contributed by atoms with Gasteiger partial charge in [0.25, 0.3) is 0 Å². The molecule has 1 saturated carbocycles. The monoisotopic (exact) mass is 253 g/mol. The smallest absolute Gasteiger partial charge is 0.00155 e. The SMILES string of the molecule is CCN(CC)CC1CC1c1ccc2ccccc2c1. The van der Waals surface area contributed by atoms with Crippen molar-refractivity contribution >= 4 is 10.8 Å². The summed E-state index contributed by atoms with van der Waals surface area (Å²) in [7, 11) is 0. The highest BCUT2D eigenvalue weighted by atomic mass is 15.1. The Kier molecular flexibility index (Phi) is 3.56. The molecule has 2 aromatic rings. The van der Waals surface area contributed by atoms with Gasteiger partial charge in [-0.25, -0.2) is 0 Å². The predicted molar refractivity (Wildman–Crippen MR) is 82.6 cm³/mol. The van der Waals surface area contributed by atoms with Gasteiger partial charge in [0.2, 0.25) is 0 Å². The minimum atomic E-state index is 0.796. The molecule has 0 saturated heterocycles. The Bertz CT molecular complexity index is 556. The average molecular weight is 253 g/mol. The Balaban J connectivity index is 1.72. The Morgan fingerprint density at radius 1 is 1.00 bits per heavy atom. The molecule has 0 N–H and O–H groups in total. The van der Waals surface area contributed by atoms with Gasteiger partial charge in [-0.2, -0.15) is 0 Å². The van der Waals surface area contributed by atoms with Crippen LogP contribution in [0.3, 0.4) is 0 Å². The third kappa shape index (κ3) is 2.66. The van der Waals surface area contributed by atoms with Crippen LogP contribution in [-0.2, 0) is 0 Å². The zero-order valence-electron chi connectivity index (χ0n) is 12.0. The molecule has 0 aliphatic heterocycles. The molecule has 0 amide bonds. The number of fused-ring (bicyclic) bond motifs is 1. The van der Waals surface area contributed by atoms with E-state index in [2.05, 4.69) is 61.2 Å². The number of nitrogens with zero attached hydrogens (tertiary/aromatic N) is 1. The maximum atomic E-state index is 2.55. The number of hydrogen-bond donors (Lipinski definition) is 0. The van der Waals surface area contributed by atoms with Crippen molar-refractivity contribution in [2.24, 2.45) is 5.92 Å². The van der Waals surface area contributed by atoms with Crippen LogP contribution in [0.5, 0.6) is 0 Å². The molecule has 2 aromatic carbocycles. The molecule has 100 valence electrons. The normalized spacial score (nSPS) is 22.1. The van der Waals surface area contributed by atoms with Gasteiger partial charge in [0.1, 0.15) is 0 Å². The molecular formula is C18H23N. The molecule has 19 heavy (non-hydrogen) atoms. The summed E-state index contributed by atoms with van der Waals surface area (Å²) < 4.78 is 0. The van der Waals surface area contributed by atoms with E-state index in [0.717, 1.165) is 11.8 Å². The van der Waals surface area contributed by atoms with Gasteiger partial charge in [-0.1, -0.05) is 56.3 Å². The number of benzene rings is 2. The van der Waals surface area contributed by atoms with E-state index < -0.39 is 0 Å². The Morgan fingerprint density at radius 2 is 1.74 bits per heavy atom. The van der Waals surface area contributed by atoms with Crippen LogP contribution in [0.15, 0.2) is 42.5 Å². The molecule has 2 unspecified atom stereocenters. The fourth-order valence-corrected chi connectivity index (χ4v) is 3.11. The number of hydrogen-bond acceptors (Lipinski definition) is 1. The predicted octanol–water partition coefficient (Wildman–Crippen LogP) is 4.29. The highest BCUT2D eigenvalue weighted by molar-refractivity contribution is 5.83. The lowest BCUT2D eigenvalue weighted by atomic mass is 10.0. The van der Waals surface area contributed by atoms with Crippen molar-refractivity contribution in [2.75, 3.05) is 19.6 Å².